The Morgan fingerprint density at radius 2 is 2.20 bits per heavy atom. The molecule has 0 fully saturated rings. The molecule has 0 saturated carbocycles. The van der Waals surface area contributed by atoms with Crippen LogP contribution in [0.25, 0.3) is 0 Å². The molecule has 0 aromatic rings. The molecule has 3 heteroatoms. The Balaban J connectivity index is 2.38. The van der Waals surface area contributed by atoms with Crippen LogP contribution in [0.2, 0.25) is 0 Å². The zero-order valence-corrected chi connectivity index (χ0v) is 7.59. The summed E-state index contributed by atoms with van der Waals surface area (Å²) in [6, 6.07) is 0. The number of rotatable bonds is 2. The maximum Gasteiger partial charge on any atom is 0.160 e. The molecule has 0 radical (unpaired) electrons. The molecule has 0 saturated heterocycles. The largest absolute Gasteiger partial charge is 0.341 e. The van der Waals surface area contributed by atoms with E-state index in [1.165, 1.54) is 0 Å². The molecule has 0 bridgehead atoms. The van der Waals surface area contributed by atoms with E-state index in [-0.39, 0.29) is 5.66 Å². The van der Waals surface area contributed by atoms with Crippen molar-refractivity contribution in [2.24, 2.45) is 4.99 Å². The van der Waals surface area contributed by atoms with Gasteiger partial charge in [-0.15, -0.1) is 0 Å². The van der Waals surface area contributed by atoms with Crippen molar-refractivity contribution in [2.45, 2.75) is 32.9 Å². The summed E-state index contributed by atoms with van der Waals surface area (Å²) < 4.78 is 0. The normalized spacial score (nSPS) is 30.5. The highest BCUT2D eigenvalue weighted by Gasteiger charge is 2.30. The van der Waals surface area contributed by atoms with Gasteiger partial charge in [-0.2, -0.15) is 0 Å². The number of hydrogen-bond acceptors (Lipinski definition) is 3. The van der Waals surface area contributed by atoms with Crippen molar-refractivity contribution in [3.05, 3.63) is 0 Å². The molecule has 1 rings (SSSR count). The van der Waals surface area contributed by atoms with Gasteiger partial charge in [-0.05, 0) is 19.1 Å². The van der Waals surface area contributed by atoms with Crippen LogP contribution in [0.1, 0.15) is 27.2 Å². The van der Waals surface area contributed by atoms with Crippen molar-refractivity contribution in [1.82, 2.24) is 5.32 Å². The molecule has 2 nitrogen and oxygen atoms in total. The molecule has 10 heavy (non-hydrogen) atoms. The Morgan fingerprint density at radius 3 is 2.60 bits per heavy atom. The molecule has 58 valence electrons. The molecule has 0 amide bonds. The minimum atomic E-state index is 0.0531. The Kier molecular flexibility index (Phi) is 2.24. The first-order valence-corrected chi connectivity index (χ1v) is 4.69. The first kappa shape index (κ1) is 7.92. The summed E-state index contributed by atoms with van der Waals surface area (Å²) in [5, 5.41) is 4.42. The van der Waals surface area contributed by atoms with Gasteiger partial charge in [0.1, 0.15) is 5.66 Å². The van der Waals surface area contributed by atoms with Gasteiger partial charge in [0.25, 0.3) is 0 Å². The van der Waals surface area contributed by atoms with Crippen LogP contribution >= 0.6 is 11.8 Å². The molecule has 1 atom stereocenters. The van der Waals surface area contributed by atoms with Crippen molar-refractivity contribution in [3.8, 4) is 0 Å². The predicted molar refractivity (Wildman–Crippen MR) is 47.4 cm³/mol. The fraction of sp³-hybridized carbons (Fsp3) is 0.857. The van der Waals surface area contributed by atoms with Crippen molar-refractivity contribution in [1.29, 1.82) is 0 Å². The maximum absolute atomic E-state index is 4.43. The van der Waals surface area contributed by atoms with Crippen LogP contribution < -0.4 is 5.32 Å². The van der Waals surface area contributed by atoms with E-state index in [4.69, 9.17) is 0 Å². The second-order valence-corrected chi connectivity index (χ2v) is 3.86. The second-order valence-electron chi connectivity index (χ2n) is 2.60. The van der Waals surface area contributed by atoms with Crippen molar-refractivity contribution >= 4 is 16.9 Å². The quantitative estimate of drug-likeness (QED) is 0.663. The summed E-state index contributed by atoms with van der Waals surface area (Å²) >= 11 is 1.77. The highest BCUT2D eigenvalue weighted by molar-refractivity contribution is 8.13. The van der Waals surface area contributed by atoms with Gasteiger partial charge >= 0.3 is 0 Å². The molecule has 0 aliphatic carbocycles. The summed E-state index contributed by atoms with van der Waals surface area (Å²) in [5.41, 5.74) is 0.0531. The van der Waals surface area contributed by atoms with Gasteiger partial charge in [0, 0.05) is 0 Å². The molecule has 0 spiro atoms. The summed E-state index contributed by atoms with van der Waals surface area (Å²) in [6.07, 6.45) is 1.07. The molecular weight excluding hydrogens is 144 g/mol. The summed E-state index contributed by atoms with van der Waals surface area (Å²) in [7, 11) is 0. The lowest BCUT2D eigenvalue weighted by atomic mass is 10.1. The minimum Gasteiger partial charge on any atom is -0.341 e. The first-order chi connectivity index (χ1) is 4.70. The molecular formula is C7H14N2S. The van der Waals surface area contributed by atoms with Crippen molar-refractivity contribution in [3.63, 3.8) is 0 Å². The number of aliphatic imine (C=N–C) groups is 1. The third-order valence-electron chi connectivity index (χ3n) is 1.69. The van der Waals surface area contributed by atoms with E-state index in [1.807, 2.05) is 0 Å². The predicted octanol–water partition coefficient (Wildman–Crippen LogP) is 1.82. The Labute approximate surface area is 66.5 Å². The number of hydrogen-bond donors (Lipinski definition) is 1. The van der Waals surface area contributed by atoms with Crippen LogP contribution in [0.15, 0.2) is 4.99 Å². The van der Waals surface area contributed by atoms with E-state index in [2.05, 4.69) is 31.1 Å². The lowest BCUT2D eigenvalue weighted by Gasteiger charge is -2.35. The number of thioether (sulfide) groups is 1. The molecule has 1 aliphatic heterocycles. The smallest absolute Gasteiger partial charge is 0.160 e. The van der Waals surface area contributed by atoms with Crippen LogP contribution in [0.5, 0.6) is 0 Å². The fourth-order valence-electron chi connectivity index (χ4n) is 0.830. The van der Waals surface area contributed by atoms with Crippen LogP contribution in [0, 0.1) is 0 Å². The summed E-state index contributed by atoms with van der Waals surface area (Å²) in [6.45, 7) is 6.40. The first-order valence-electron chi connectivity index (χ1n) is 3.71. The molecule has 1 heterocycles. The van der Waals surface area contributed by atoms with Crippen LogP contribution in [0.4, 0.5) is 0 Å². The van der Waals surface area contributed by atoms with Gasteiger partial charge in [0.2, 0.25) is 0 Å². The second kappa shape index (κ2) is 2.82. The lowest BCUT2D eigenvalue weighted by Crippen LogP contribution is -2.52. The van der Waals surface area contributed by atoms with Gasteiger partial charge in [0.05, 0.1) is 0 Å². The van der Waals surface area contributed by atoms with E-state index in [0.717, 1.165) is 17.3 Å². The Hall–Kier alpha value is -0.180. The van der Waals surface area contributed by atoms with Gasteiger partial charge in [-0.3, -0.25) is 0 Å². The number of nitrogens with one attached hydrogen (secondary N) is 1. The third-order valence-corrected chi connectivity index (χ3v) is 2.45. The summed E-state index contributed by atoms with van der Waals surface area (Å²) in [4.78, 5) is 4.43. The van der Waals surface area contributed by atoms with Gasteiger partial charge in [-0.1, -0.05) is 25.6 Å². The van der Waals surface area contributed by atoms with Gasteiger partial charge in [0.15, 0.2) is 5.17 Å². The van der Waals surface area contributed by atoms with Crippen LogP contribution in [-0.4, -0.2) is 16.6 Å². The highest BCUT2D eigenvalue weighted by atomic mass is 32.2. The molecule has 0 aromatic heterocycles. The summed E-state index contributed by atoms with van der Waals surface area (Å²) in [5.74, 6) is 1.10. The average molecular weight is 158 g/mol. The highest BCUT2D eigenvalue weighted by Crippen LogP contribution is 2.23. The average Bonchev–Trinajstić information content (AvgIpc) is 1.85. The Morgan fingerprint density at radius 1 is 1.60 bits per heavy atom. The topological polar surface area (TPSA) is 24.4 Å². The lowest BCUT2D eigenvalue weighted by molar-refractivity contribution is 0.384. The zero-order chi connectivity index (χ0) is 7.61. The van der Waals surface area contributed by atoms with Gasteiger partial charge < -0.3 is 5.32 Å². The monoisotopic (exact) mass is 158 g/mol. The van der Waals surface area contributed by atoms with Crippen LogP contribution in [-0.2, 0) is 0 Å². The number of amidine groups is 1. The molecule has 1 N–H and O–H groups in total. The van der Waals surface area contributed by atoms with Crippen molar-refractivity contribution < 1.29 is 0 Å². The number of nitrogens with zero attached hydrogens (tertiary/aromatic N) is 1. The SMILES string of the molecule is CCSC1=NC(C)(CC)N1. The van der Waals surface area contributed by atoms with E-state index in [9.17, 15) is 0 Å². The van der Waals surface area contributed by atoms with Crippen molar-refractivity contribution in [2.75, 3.05) is 5.75 Å². The van der Waals surface area contributed by atoms with Crippen LogP contribution in [0.3, 0.4) is 0 Å². The van der Waals surface area contributed by atoms with E-state index in [0.29, 0.717) is 0 Å². The van der Waals surface area contributed by atoms with E-state index < -0.39 is 0 Å². The molecule has 1 aliphatic rings. The molecule has 0 aromatic carbocycles. The standard InChI is InChI=1S/C7H14N2S/c1-4-7(3)8-6(9-7)10-5-2/h4-5H2,1-3H3,(H,8,9). The zero-order valence-electron chi connectivity index (χ0n) is 6.77. The molecule has 1 unspecified atom stereocenters. The minimum absolute atomic E-state index is 0.0531. The fourth-order valence-corrected chi connectivity index (χ4v) is 1.66. The Bertz CT molecular complexity index is 156. The van der Waals surface area contributed by atoms with Gasteiger partial charge in [-0.25, -0.2) is 4.99 Å². The third kappa shape index (κ3) is 1.45. The van der Waals surface area contributed by atoms with E-state index >= 15 is 0 Å². The maximum atomic E-state index is 4.43. The van der Waals surface area contributed by atoms with E-state index in [1.54, 1.807) is 11.8 Å².